The van der Waals surface area contributed by atoms with Crippen molar-refractivity contribution in [1.29, 1.82) is 0 Å². The number of nitrogens with zero attached hydrogens (tertiary/aromatic N) is 1. The Morgan fingerprint density at radius 3 is 2.16 bits per heavy atom. The molecule has 4 aromatic rings. The minimum Gasteiger partial charge on any atom is -0.342 e. The lowest BCUT2D eigenvalue weighted by Crippen LogP contribution is -2.14. The number of nitrogens with one attached hydrogen (secondary N) is 2. The molecule has 3 aromatic carbocycles. The molecule has 0 unspecified atom stereocenters. The summed E-state index contributed by atoms with van der Waals surface area (Å²) < 4.78 is 2.11. The Morgan fingerprint density at radius 1 is 0.806 bits per heavy atom. The molecule has 2 amide bonds. The molecule has 1 aliphatic rings. The Balaban J connectivity index is 1.35. The van der Waals surface area contributed by atoms with Gasteiger partial charge in [0.05, 0.1) is 5.56 Å². The summed E-state index contributed by atoms with van der Waals surface area (Å²) in [5.74, 6) is 0.0772. The van der Waals surface area contributed by atoms with E-state index in [0.717, 1.165) is 29.4 Å². The van der Waals surface area contributed by atoms with Crippen LogP contribution >= 0.6 is 0 Å². The van der Waals surface area contributed by atoms with Crippen molar-refractivity contribution in [2.45, 2.75) is 19.4 Å². The van der Waals surface area contributed by atoms with Crippen molar-refractivity contribution >= 4 is 34.1 Å². The van der Waals surface area contributed by atoms with Crippen LogP contribution in [0.2, 0.25) is 0 Å². The fourth-order valence-corrected chi connectivity index (χ4v) is 3.76. The van der Waals surface area contributed by atoms with Gasteiger partial charge in [0.1, 0.15) is 0 Å². The van der Waals surface area contributed by atoms with Crippen LogP contribution in [0, 0.1) is 5.92 Å². The molecule has 0 bridgehead atoms. The normalized spacial score (nSPS) is 13.2. The molecule has 5 rings (SSSR count). The molecular formula is C26H23N3O2. The number of benzene rings is 3. The van der Waals surface area contributed by atoms with E-state index >= 15 is 0 Å². The summed E-state index contributed by atoms with van der Waals surface area (Å²) in [4.78, 5) is 25.0. The number of amides is 2. The molecule has 154 valence electrons. The molecule has 0 spiro atoms. The Labute approximate surface area is 180 Å². The van der Waals surface area contributed by atoms with Crippen molar-refractivity contribution in [2.75, 3.05) is 10.6 Å². The molecule has 0 aliphatic heterocycles. The number of rotatable bonds is 6. The highest BCUT2D eigenvalue weighted by molar-refractivity contribution is 6.13. The summed E-state index contributed by atoms with van der Waals surface area (Å²) in [6.07, 6.45) is 3.85. The largest absolute Gasteiger partial charge is 0.342 e. The van der Waals surface area contributed by atoms with Crippen LogP contribution in [0.25, 0.3) is 10.9 Å². The second kappa shape index (κ2) is 8.11. The lowest BCUT2D eigenvalue weighted by atomic mass is 10.1. The summed E-state index contributed by atoms with van der Waals surface area (Å²) in [5.41, 5.74) is 4.27. The zero-order valence-electron chi connectivity index (χ0n) is 17.0. The average Bonchev–Trinajstić information content (AvgIpc) is 3.59. The van der Waals surface area contributed by atoms with Gasteiger partial charge in [-0.2, -0.15) is 0 Å². The fourth-order valence-electron chi connectivity index (χ4n) is 3.76. The van der Waals surface area contributed by atoms with E-state index < -0.39 is 0 Å². The van der Waals surface area contributed by atoms with Crippen LogP contribution in [0.1, 0.15) is 28.8 Å². The minimum atomic E-state index is -0.155. The van der Waals surface area contributed by atoms with Crippen molar-refractivity contribution in [1.82, 2.24) is 4.57 Å². The summed E-state index contributed by atoms with van der Waals surface area (Å²) in [5, 5.41) is 6.81. The van der Waals surface area contributed by atoms with Crippen molar-refractivity contribution in [3.8, 4) is 0 Å². The second-order valence-electron chi connectivity index (χ2n) is 7.97. The molecule has 0 saturated heterocycles. The lowest BCUT2D eigenvalue weighted by molar-refractivity contribution is -0.117. The highest BCUT2D eigenvalue weighted by atomic mass is 16.2. The predicted molar refractivity (Wildman–Crippen MR) is 123 cm³/mol. The van der Waals surface area contributed by atoms with E-state index in [1.165, 1.54) is 5.56 Å². The van der Waals surface area contributed by atoms with Crippen molar-refractivity contribution in [3.05, 3.63) is 96.2 Å². The first-order chi connectivity index (χ1) is 15.2. The van der Waals surface area contributed by atoms with Gasteiger partial charge in [-0.3, -0.25) is 9.59 Å². The maximum atomic E-state index is 13.1. The first-order valence-corrected chi connectivity index (χ1v) is 10.5. The van der Waals surface area contributed by atoms with Gasteiger partial charge in [0.2, 0.25) is 5.91 Å². The Morgan fingerprint density at radius 2 is 1.45 bits per heavy atom. The number of fused-ring (bicyclic) bond motifs is 1. The molecular weight excluding hydrogens is 386 g/mol. The minimum absolute atomic E-state index is 0.0722. The highest BCUT2D eigenvalue weighted by Gasteiger charge is 2.29. The standard InChI is InChI=1S/C26H23N3O2/c30-25(19-10-11-19)27-20-12-14-21(15-13-20)28-26(31)23-17-29(16-18-6-2-1-3-7-18)24-9-5-4-8-22(23)24/h1-9,12-15,17,19H,10-11,16H2,(H,27,30)(H,28,31). The number of para-hydroxylation sites is 1. The quantitative estimate of drug-likeness (QED) is 0.454. The van der Waals surface area contributed by atoms with Gasteiger partial charge < -0.3 is 15.2 Å². The van der Waals surface area contributed by atoms with Gasteiger partial charge in [0, 0.05) is 40.9 Å². The molecule has 31 heavy (non-hydrogen) atoms. The number of aromatic nitrogens is 1. The number of hydrogen-bond acceptors (Lipinski definition) is 2. The fraction of sp³-hybridized carbons (Fsp3) is 0.154. The van der Waals surface area contributed by atoms with Crippen molar-refractivity contribution in [3.63, 3.8) is 0 Å². The lowest BCUT2D eigenvalue weighted by Gasteiger charge is -2.07. The van der Waals surface area contributed by atoms with E-state index in [2.05, 4.69) is 27.3 Å². The van der Waals surface area contributed by atoms with E-state index in [-0.39, 0.29) is 17.7 Å². The number of hydrogen-bond donors (Lipinski definition) is 2. The van der Waals surface area contributed by atoms with Crippen molar-refractivity contribution in [2.24, 2.45) is 5.92 Å². The van der Waals surface area contributed by atoms with Crippen LogP contribution in [0.5, 0.6) is 0 Å². The number of anilines is 2. The Hall–Kier alpha value is -3.86. The third kappa shape index (κ3) is 4.21. The van der Waals surface area contributed by atoms with Gasteiger partial charge in [-0.25, -0.2) is 0 Å². The van der Waals surface area contributed by atoms with E-state index in [9.17, 15) is 9.59 Å². The van der Waals surface area contributed by atoms with E-state index in [4.69, 9.17) is 0 Å². The van der Waals surface area contributed by atoms with Crippen LogP contribution in [-0.2, 0) is 11.3 Å². The van der Waals surface area contributed by atoms with Crippen LogP contribution in [0.15, 0.2) is 85.1 Å². The second-order valence-corrected chi connectivity index (χ2v) is 7.97. The highest BCUT2D eigenvalue weighted by Crippen LogP contribution is 2.30. The molecule has 1 fully saturated rings. The average molecular weight is 409 g/mol. The zero-order valence-corrected chi connectivity index (χ0v) is 17.0. The summed E-state index contributed by atoms with van der Waals surface area (Å²) in [7, 11) is 0. The zero-order chi connectivity index (χ0) is 21.2. The maximum absolute atomic E-state index is 13.1. The van der Waals surface area contributed by atoms with Crippen molar-refractivity contribution < 1.29 is 9.59 Å². The molecule has 0 atom stereocenters. The molecule has 1 aromatic heterocycles. The van der Waals surface area contributed by atoms with E-state index in [1.807, 2.05) is 72.9 Å². The maximum Gasteiger partial charge on any atom is 0.257 e. The topological polar surface area (TPSA) is 63.1 Å². The molecule has 1 heterocycles. The number of carbonyl (C=O) groups excluding carboxylic acids is 2. The van der Waals surface area contributed by atoms with Gasteiger partial charge in [0.25, 0.3) is 5.91 Å². The predicted octanol–water partition coefficient (Wildman–Crippen LogP) is 5.29. The monoisotopic (exact) mass is 409 g/mol. The molecule has 5 nitrogen and oxygen atoms in total. The SMILES string of the molecule is O=C(Nc1ccc(NC(=O)C2CC2)cc1)c1cn(Cc2ccccc2)c2ccccc12. The third-order valence-corrected chi connectivity index (χ3v) is 5.59. The molecule has 5 heteroatoms. The Kier molecular flexibility index (Phi) is 5.00. The van der Waals surface area contributed by atoms with E-state index in [0.29, 0.717) is 17.8 Å². The summed E-state index contributed by atoms with van der Waals surface area (Å²) in [6, 6.07) is 25.4. The van der Waals surface area contributed by atoms with Gasteiger partial charge in [-0.15, -0.1) is 0 Å². The molecule has 1 aliphatic carbocycles. The van der Waals surface area contributed by atoms with Gasteiger partial charge >= 0.3 is 0 Å². The van der Waals surface area contributed by atoms with E-state index in [1.54, 1.807) is 0 Å². The molecule has 1 saturated carbocycles. The van der Waals surface area contributed by atoms with Gasteiger partial charge in [-0.1, -0.05) is 48.5 Å². The summed E-state index contributed by atoms with van der Waals surface area (Å²) >= 11 is 0. The third-order valence-electron chi connectivity index (χ3n) is 5.59. The first-order valence-electron chi connectivity index (χ1n) is 10.5. The van der Waals surface area contributed by atoms with Crippen LogP contribution in [0.4, 0.5) is 11.4 Å². The van der Waals surface area contributed by atoms with Gasteiger partial charge in [0.15, 0.2) is 0 Å². The summed E-state index contributed by atoms with van der Waals surface area (Å²) in [6.45, 7) is 0.698. The number of carbonyl (C=O) groups is 2. The van der Waals surface area contributed by atoms with Crippen LogP contribution in [-0.4, -0.2) is 16.4 Å². The molecule has 0 radical (unpaired) electrons. The van der Waals surface area contributed by atoms with Crippen LogP contribution in [0.3, 0.4) is 0 Å². The van der Waals surface area contributed by atoms with Gasteiger partial charge in [-0.05, 0) is 48.7 Å². The first kappa shape index (κ1) is 19.1. The molecule has 2 N–H and O–H groups in total. The smallest absolute Gasteiger partial charge is 0.257 e. The van der Waals surface area contributed by atoms with Crippen LogP contribution < -0.4 is 10.6 Å². The Bertz CT molecular complexity index is 1240.